The zero-order valence-corrected chi connectivity index (χ0v) is 17.5. The lowest BCUT2D eigenvalue weighted by atomic mass is 10.1. The highest BCUT2D eigenvalue weighted by molar-refractivity contribution is 5.78. The molecular weight excluding hydrogens is 376 g/mol. The third-order valence-corrected chi connectivity index (χ3v) is 5.50. The number of benzene rings is 2. The lowest BCUT2D eigenvalue weighted by Gasteiger charge is -2.37. The Balaban J connectivity index is 1.43. The fraction of sp³-hybridized carbons (Fsp3) is 0.304. The van der Waals surface area contributed by atoms with Crippen molar-refractivity contribution in [1.29, 1.82) is 0 Å². The zero-order valence-electron chi connectivity index (χ0n) is 17.5. The number of methoxy groups -OCH3 is 1. The Hall–Kier alpha value is -3.48. The molecule has 3 N–H and O–H groups in total. The summed E-state index contributed by atoms with van der Waals surface area (Å²) in [4.78, 5) is 13.4. The smallest absolute Gasteiger partial charge is 0.159 e. The first-order valence-electron chi connectivity index (χ1n) is 10.3. The Morgan fingerprint density at radius 3 is 2.23 bits per heavy atom. The van der Waals surface area contributed by atoms with Crippen LogP contribution in [0.15, 0.2) is 54.9 Å². The van der Waals surface area contributed by atoms with E-state index >= 15 is 0 Å². The molecule has 0 unspecified atom stereocenters. The first-order valence-corrected chi connectivity index (χ1v) is 10.3. The molecule has 0 radical (unpaired) electrons. The molecule has 1 aliphatic rings. The summed E-state index contributed by atoms with van der Waals surface area (Å²) in [5, 5.41) is 3.32. The molecule has 0 bridgehead atoms. The van der Waals surface area contributed by atoms with E-state index < -0.39 is 0 Å². The fourth-order valence-electron chi connectivity index (χ4n) is 3.67. The minimum absolute atomic E-state index is 0.579. The van der Waals surface area contributed by atoms with E-state index in [4.69, 9.17) is 10.5 Å². The summed E-state index contributed by atoms with van der Waals surface area (Å²) in [6.07, 6.45) is 2.59. The van der Waals surface area contributed by atoms with Gasteiger partial charge in [0.05, 0.1) is 7.11 Å². The quantitative estimate of drug-likeness (QED) is 0.648. The highest BCUT2D eigenvalue weighted by atomic mass is 16.5. The highest BCUT2D eigenvalue weighted by Gasteiger charge is 2.21. The zero-order chi connectivity index (χ0) is 20.9. The van der Waals surface area contributed by atoms with Crippen molar-refractivity contribution in [2.75, 3.05) is 54.1 Å². The van der Waals surface area contributed by atoms with Crippen LogP contribution in [-0.4, -0.2) is 43.3 Å². The van der Waals surface area contributed by atoms with Crippen LogP contribution in [0.3, 0.4) is 0 Å². The van der Waals surface area contributed by atoms with Crippen molar-refractivity contribution in [2.24, 2.45) is 0 Å². The number of nitrogens with two attached hydrogens (primary N) is 1. The van der Waals surface area contributed by atoms with Crippen molar-refractivity contribution >= 4 is 28.7 Å². The molecule has 0 saturated carbocycles. The van der Waals surface area contributed by atoms with Gasteiger partial charge in [-0.05, 0) is 48.4 Å². The van der Waals surface area contributed by atoms with Crippen LogP contribution in [0.5, 0.6) is 5.75 Å². The molecule has 1 aromatic heterocycles. The molecule has 0 aliphatic carbocycles. The third kappa shape index (κ3) is 4.25. The van der Waals surface area contributed by atoms with Crippen molar-refractivity contribution in [1.82, 2.24) is 9.97 Å². The van der Waals surface area contributed by atoms with Gasteiger partial charge >= 0.3 is 0 Å². The summed E-state index contributed by atoms with van der Waals surface area (Å²) < 4.78 is 5.25. The van der Waals surface area contributed by atoms with Crippen molar-refractivity contribution in [3.8, 4) is 5.75 Å². The lowest BCUT2D eigenvalue weighted by Crippen LogP contribution is -2.47. The van der Waals surface area contributed by atoms with Gasteiger partial charge in [-0.15, -0.1) is 0 Å². The van der Waals surface area contributed by atoms with Crippen LogP contribution in [0, 0.1) is 0 Å². The number of hydrogen-bond donors (Lipinski definition) is 2. The number of aryl methyl sites for hydroxylation is 1. The number of ether oxygens (including phenoxy) is 1. The van der Waals surface area contributed by atoms with Crippen molar-refractivity contribution in [2.45, 2.75) is 13.3 Å². The van der Waals surface area contributed by atoms with Gasteiger partial charge in [-0.3, -0.25) is 0 Å². The second kappa shape index (κ2) is 8.90. The first kappa shape index (κ1) is 19.8. The molecule has 7 heteroatoms. The van der Waals surface area contributed by atoms with E-state index in [1.807, 2.05) is 24.3 Å². The monoisotopic (exact) mass is 404 g/mol. The second-order valence-electron chi connectivity index (χ2n) is 7.31. The molecule has 1 saturated heterocycles. The van der Waals surface area contributed by atoms with Crippen LogP contribution in [0.2, 0.25) is 0 Å². The lowest BCUT2D eigenvalue weighted by molar-refractivity contribution is 0.415. The number of nitrogen functional groups attached to an aromatic ring is 1. The summed E-state index contributed by atoms with van der Waals surface area (Å²) in [6.45, 7) is 5.63. The second-order valence-corrected chi connectivity index (χ2v) is 7.31. The van der Waals surface area contributed by atoms with Crippen LogP contribution < -0.4 is 25.6 Å². The third-order valence-electron chi connectivity index (χ3n) is 5.50. The van der Waals surface area contributed by atoms with Crippen molar-refractivity contribution < 1.29 is 4.74 Å². The average molecular weight is 405 g/mol. The summed E-state index contributed by atoms with van der Waals surface area (Å²) in [5.74, 6) is 2.30. The topological polar surface area (TPSA) is 79.5 Å². The van der Waals surface area contributed by atoms with E-state index in [2.05, 4.69) is 56.3 Å². The van der Waals surface area contributed by atoms with E-state index in [0.29, 0.717) is 11.5 Å². The first-order chi connectivity index (χ1) is 14.7. The largest absolute Gasteiger partial charge is 0.497 e. The van der Waals surface area contributed by atoms with Gasteiger partial charge in [0.25, 0.3) is 0 Å². The number of aromatic nitrogens is 2. The summed E-state index contributed by atoms with van der Waals surface area (Å²) in [7, 11) is 1.68. The van der Waals surface area contributed by atoms with Crippen molar-refractivity contribution in [3.63, 3.8) is 0 Å². The molecule has 2 heterocycles. The Morgan fingerprint density at radius 2 is 1.60 bits per heavy atom. The summed E-state index contributed by atoms with van der Waals surface area (Å²) in [6, 6.07) is 16.5. The van der Waals surface area contributed by atoms with Gasteiger partial charge in [0.2, 0.25) is 0 Å². The van der Waals surface area contributed by atoms with Gasteiger partial charge in [-0.25, -0.2) is 9.97 Å². The number of rotatable bonds is 6. The van der Waals surface area contributed by atoms with E-state index in [-0.39, 0.29) is 0 Å². The van der Waals surface area contributed by atoms with Crippen LogP contribution in [0.1, 0.15) is 12.5 Å². The van der Waals surface area contributed by atoms with E-state index in [0.717, 1.165) is 49.9 Å². The maximum atomic E-state index is 6.44. The predicted octanol–water partition coefficient (Wildman–Crippen LogP) is 3.70. The molecule has 30 heavy (non-hydrogen) atoms. The van der Waals surface area contributed by atoms with Gasteiger partial charge < -0.3 is 25.6 Å². The van der Waals surface area contributed by atoms with Gasteiger partial charge in [0, 0.05) is 37.6 Å². The molecule has 0 atom stereocenters. The standard InChI is InChI=1S/C23H28N6O/c1-3-17-4-6-18(7-5-17)27-22-21(24)23(26-16-25-22)29-14-12-28(13-15-29)19-8-10-20(30-2)11-9-19/h4-11,16H,3,12-15,24H2,1-2H3,(H,25,26,27). The molecule has 4 rings (SSSR count). The predicted molar refractivity (Wildman–Crippen MR) is 123 cm³/mol. The number of anilines is 5. The average Bonchev–Trinajstić information content (AvgIpc) is 2.81. The molecule has 7 nitrogen and oxygen atoms in total. The molecule has 1 aliphatic heterocycles. The van der Waals surface area contributed by atoms with E-state index in [1.54, 1.807) is 13.4 Å². The van der Waals surface area contributed by atoms with Crippen LogP contribution in [0.4, 0.5) is 28.7 Å². The molecule has 3 aromatic rings. The van der Waals surface area contributed by atoms with Crippen LogP contribution in [0.25, 0.3) is 0 Å². The molecule has 0 amide bonds. The molecular formula is C23H28N6O. The maximum absolute atomic E-state index is 6.44. The molecule has 2 aromatic carbocycles. The number of piperazine rings is 1. The number of hydrogen-bond acceptors (Lipinski definition) is 7. The van der Waals surface area contributed by atoms with Gasteiger partial charge in [0.15, 0.2) is 11.6 Å². The number of nitrogens with one attached hydrogen (secondary N) is 1. The number of nitrogens with zero attached hydrogens (tertiary/aromatic N) is 4. The van der Waals surface area contributed by atoms with Gasteiger partial charge in [0.1, 0.15) is 17.8 Å². The fourth-order valence-corrected chi connectivity index (χ4v) is 3.67. The maximum Gasteiger partial charge on any atom is 0.159 e. The molecule has 156 valence electrons. The molecule has 1 fully saturated rings. The van der Waals surface area contributed by atoms with E-state index in [1.165, 1.54) is 11.3 Å². The normalized spacial score (nSPS) is 13.9. The summed E-state index contributed by atoms with van der Waals surface area (Å²) in [5.41, 5.74) is 10.5. The molecule has 0 spiro atoms. The Bertz CT molecular complexity index is 966. The highest BCUT2D eigenvalue weighted by Crippen LogP contribution is 2.30. The van der Waals surface area contributed by atoms with Gasteiger partial charge in [-0.2, -0.15) is 0 Å². The van der Waals surface area contributed by atoms with E-state index in [9.17, 15) is 0 Å². The van der Waals surface area contributed by atoms with Crippen LogP contribution >= 0.6 is 0 Å². The van der Waals surface area contributed by atoms with Crippen molar-refractivity contribution in [3.05, 3.63) is 60.4 Å². The Morgan fingerprint density at radius 1 is 0.933 bits per heavy atom. The van der Waals surface area contributed by atoms with Gasteiger partial charge in [-0.1, -0.05) is 19.1 Å². The Kier molecular flexibility index (Phi) is 5.88. The Labute approximate surface area is 177 Å². The van der Waals surface area contributed by atoms with Crippen LogP contribution in [-0.2, 0) is 6.42 Å². The SMILES string of the molecule is CCc1ccc(Nc2ncnc(N3CCN(c4ccc(OC)cc4)CC3)c2N)cc1. The summed E-state index contributed by atoms with van der Waals surface area (Å²) >= 11 is 0. The minimum atomic E-state index is 0.579. The minimum Gasteiger partial charge on any atom is -0.497 e.